The summed E-state index contributed by atoms with van der Waals surface area (Å²) in [5, 5.41) is 6.53. The Morgan fingerprint density at radius 3 is 2.22 bits per heavy atom. The Labute approximate surface area is 112 Å². The molecule has 3 nitrogen and oxygen atoms in total. The number of hydrogen-bond donors (Lipinski definition) is 3. The van der Waals surface area contributed by atoms with Crippen LogP contribution in [0.15, 0.2) is 60.7 Å². The van der Waals surface area contributed by atoms with Crippen molar-refractivity contribution in [1.82, 2.24) is 5.43 Å². The van der Waals surface area contributed by atoms with Crippen LogP contribution in [0.25, 0.3) is 0 Å². The maximum absolute atomic E-state index is 5.15. The molecule has 2 rings (SSSR count). The highest BCUT2D eigenvalue weighted by atomic mass is 32.1. The lowest BCUT2D eigenvalue weighted by Crippen LogP contribution is -2.82. The fraction of sp³-hybridized carbons (Fsp3) is 0. The van der Waals surface area contributed by atoms with Crippen molar-refractivity contribution in [1.29, 1.82) is 0 Å². The van der Waals surface area contributed by atoms with Gasteiger partial charge in [-0.3, -0.25) is 0 Å². The molecule has 0 fully saturated rings. The normalized spacial score (nSPS) is 10.2. The third-order valence-corrected chi connectivity index (χ3v) is 2.46. The average Bonchev–Trinajstić information content (AvgIpc) is 2.41. The van der Waals surface area contributed by atoms with Crippen LogP contribution in [0.3, 0.4) is 0 Å². The van der Waals surface area contributed by atoms with Crippen molar-refractivity contribution in [3.63, 3.8) is 0 Å². The van der Waals surface area contributed by atoms with E-state index in [0.29, 0.717) is 5.11 Å². The Hall–Kier alpha value is -2.20. The smallest absolute Gasteiger partial charge is 0.228 e. The first kappa shape index (κ1) is 12.3. The van der Waals surface area contributed by atoms with Crippen LogP contribution in [0, 0.1) is 0 Å². The van der Waals surface area contributed by atoms with Crippen molar-refractivity contribution in [3.8, 4) is 0 Å². The second-order valence-corrected chi connectivity index (χ2v) is 4.05. The van der Waals surface area contributed by atoms with E-state index in [2.05, 4.69) is 15.8 Å². The van der Waals surface area contributed by atoms with Gasteiger partial charge in [0.2, 0.25) is 5.11 Å². The highest BCUT2D eigenvalue weighted by Gasteiger charge is 1.96. The van der Waals surface area contributed by atoms with Crippen molar-refractivity contribution in [3.05, 3.63) is 66.2 Å². The van der Waals surface area contributed by atoms with Crippen molar-refractivity contribution in [2.45, 2.75) is 0 Å². The van der Waals surface area contributed by atoms with Gasteiger partial charge >= 0.3 is 0 Å². The molecule has 0 aliphatic rings. The average molecular weight is 256 g/mol. The summed E-state index contributed by atoms with van der Waals surface area (Å²) in [5.74, 6) is 0. The molecule has 3 N–H and O–H groups in total. The zero-order valence-corrected chi connectivity index (χ0v) is 10.6. The molecule has 0 spiro atoms. The lowest BCUT2D eigenvalue weighted by Gasteiger charge is -2.03. The summed E-state index contributed by atoms with van der Waals surface area (Å²) in [4.78, 5) is 0. The molecule has 2 aromatic carbocycles. The molecule has 0 amide bonds. The molecular weight excluding hydrogens is 242 g/mol. The Kier molecular flexibility index (Phi) is 4.44. The Balaban J connectivity index is 1.84. The highest BCUT2D eigenvalue weighted by molar-refractivity contribution is 7.80. The molecule has 0 unspecified atom stereocenters. The molecule has 0 aliphatic carbocycles. The topological polar surface area (TPSA) is 38.0 Å². The fourth-order valence-electron chi connectivity index (χ4n) is 1.42. The van der Waals surface area contributed by atoms with E-state index >= 15 is 0 Å². The number of hydrazone groups is 1. The molecule has 2 aromatic rings. The van der Waals surface area contributed by atoms with Gasteiger partial charge in [0, 0.05) is 11.3 Å². The quantitative estimate of drug-likeness (QED) is 0.437. The first-order valence-corrected chi connectivity index (χ1v) is 6.01. The van der Waals surface area contributed by atoms with Crippen LogP contribution in [-0.4, -0.2) is 11.3 Å². The van der Waals surface area contributed by atoms with Crippen LogP contribution in [-0.2, 0) is 0 Å². The molecule has 0 bridgehead atoms. The summed E-state index contributed by atoms with van der Waals surface area (Å²) in [6.07, 6.45) is 1.85. The lowest BCUT2D eigenvalue weighted by molar-refractivity contribution is -0.499. The van der Waals surface area contributed by atoms with Crippen LogP contribution in [0.4, 0.5) is 5.69 Å². The Morgan fingerprint density at radius 2 is 1.56 bits per heavy atom. The predicted molar refractivity (Wildman–Crippen MR) is 78.4 cm³/mol. The highest BCUT2D eigenvalue weighted by Crippen LogP contribution is 2.03. The van der Waals surface area contributed by atoms with Crippen molar-refractivity contribution in [2.75, 3.05) is 5.32 Å². The van der Waals surface area contributed by atoms with E-state index in [1.807, 2.05) is 66.9 Å². The fourth-order valence-corrected chi connectivity index (χ4v) is 1.59. The molecule has 0 saturated carbocycles. The maximum atomic E-state index is 5.15. The van der Waals surface area contributed by atoms with Gasteiger partial charge in [0.25, 0.3) is 0 Å². The van der Waals surface area contributed by atoms with Gasteiger partial charge in [0.1, 0.15) is 0 Å². The van der Waals surface area contributed by atoms with Crippen LogP contribution in [0.1, 0.15) is 5.56 Å². The second-order valence-electron chi connectivity index (χ2n) is 3.64. The SMILES string of the molecule is S=C(N[NH+]=Cc1ccccc1)Nc1ccccc1. The Morgan fingerprint density at radius 1 is 0.944 bits per heavy atom. The summed E-state index contributed by atoms with van der Waals surface area (Å²) in [6.45, 7) is 0. The van der Waals surface area contributed by atoms with Gasteiger partial charge in [-0.15, -0.1) is 10.5 Å². The number of anilines is 1. The van der Waals surface area contributed by atoms with Crippen molar-refractivity contribution < 1.29 is 5.10 Å². The number of para-hydroxylation sites is 1. The minimum atomic E-state index is 0.522. The number of hydrogen-bond acceptors (Lipinski definition) is 1. The number of thiocarbonyl (C=S) groups is 1. The first-order valence-electron chi connectivity index (χ1n) is 5.60. The van der Waals surface area contributed by atoms with Gasteiger partial charge < -0.3 is 5.32 Å². The monoisotopic (exact) mass is 256 g/mol. The van der Waals surface area contributed by atoms with Gasteiger partial charge in [-0.25, -0.2) is 0 Å². The second kappa shape index (κ2) is 6.51. The molecule has 0 atom stereocenters. The van der Waals surface area contributed by atoms with Crippen molar-refractivity contribution >= 4 is 29.2 Å². The van der Waals surface area contributed by atoms with Crippen LogP contribution < -0.4 is 15.8 Å². The maximum Gasteiger partial charge on any atom is 0.228 e. The lowest BCUT2D eigenvalue weighted by atomic mass is 10.2. The van der Waals surface area contributed by atoms with E-state index < -0.39 is 0 Å². The molecule has 0 aliphatic heterocycles. The standard InChI is InChI=1S/C14H13N3S/c18-14(16-13-9-5-2-6-10-13)17-15-11-12-7-3-1-4-8-12/h1-11H,(H2,16,17,18)/p+1. The van der Waals surface area contributed by atoms with Gasteiger partial charge in [0.15, 0.2) is 6.21 Å². The summed E-state index contributed by atoms with van der Waals surface area (Å²) in [5.41, 5.74) is 4.93. The zero-order valence-electron chi connectivity index (χ0n) is 9.76. The van der Waals surface area contributed by atoms with Crippen LogP contribution in [0.2, 0.25) is 0 Å². The third kappa shape index (κ3) is 3.99. The molecular formula is C14H14N3S+. The largest absolute Gasteiger partial charge is 0.328 e. The van der Waals surface area contributed by atoms with Crippen molar-refractivity contribution in [2.24, 2.45) is 0 Å². The zero-order chi connectivity index (χ0) is 12.6. The van der Waals surface area contributed by atoms with Gasteiger partial charge in [-0.05, 0) is 36.5 Å². The van der Waals surface area contributed by atoms with Crippen LogP contribution in [0.5, 0.6) is 0 Å². The number of nitrogens with one attached hydrogen (secondary N) is 3. The van der Waals surface area contributed by atoms with E-state index in [4.69, 9.17) is 12.2 Å². The number of hydrazine groups is 1. The first-order chi connectivity index (χ1) is 8.84. The number of benzene rings is 2. The minimum Gasteiger partial charge on any atom is -0.328 e. The number of rotatable bonds is 3. The van der Waals surface area contributed by atoms with E-state index in [0.717, 1.165) is 11.3 Å². The third-order valence-electron chi connectivity index (χ3n) is 2.26. The molecule has 0 radical (unpaired) electrons. The van der Waals surface area contributed by atoms with Gasteiger partial charge in [-0.1, -0.05) is 36.4 Å². The summed E-state index contributed by atoms with van der Waals surface area (Å²) in [6, 6.07) is 19.7. The summed E-state index contributed by atoms with van der Waals surface area (Å²) in [7, 11) is 0. The summed E-state index contributed by atoms with van der Waals surface area (Å²) < 4.78 is 0. The summed E-state index contributed by atoms with van der Waals surface area (Å²) >= 11 is 5.15. The van der Waals surface area contributed by atoms with Gasteiger partial charge in [-0.2, -0.15) is 0 Å². The molecule has 0 aromatic heterocycles. The predicted octanol–water partition coefficient (Wildman–Crippen LogP) is 1.09. The molecule has 4 heteroatoms. The van der Waals surface area contributed by atoms with Crippen LogP contribution >= 0.6 is 12.2 Å². The van der Waals surface area contributed by atoms with Gasteiger partial charge in [0.05, 0.1) is 0 Å². The molecule has 90 valence electrons. The Bertz CT molecular complexity index is 523. The molecule has 0 saturated heterocycles. The molecule has 18 heavy (non-hydrogen) atoms. The van der Waals surface area contributed by atoms with E-state index in [-0.39, 0.29) is 0 Å². The van der Waals surface area contributed by atoms with E-state index in [1.165, 1.54) is 0 Å². The minimum absolute atomic E-state index is 0.522. The van der Waals surface area contributed by atoms with E-state index in [9.17, 15) is 0 Å². The van der Waals surface area contributed by atoms with E-state index in [1.54, 1.807) is 0 Å². The molecule has 0 heterocycles.